The van der Waals surface area contributed by atoms with Crippen molar-refractivity contribution in [2.24, 2.45) is 0 Å². The third-order valence-corrected chi connectivity index (χ3v) is 6.91. The van der Waals surface area contributed by atoms with E-state index in [1.54, 1.807) is 0 Å². The van der Waals surface area contributed by atoms with Crippen molar-refractivity contribution in [3.63, 3.8) is 0 Å². The minimum absolute atomic E-state index is 0.00415. The Morgan fingerprint density at radius 2 is 1.74 bits per heavy atom. The third kappa shape index (κ3) is 7.18. The first-order chi connectivity index (χ1) is 16.5. The van der Waals surface area contributed by atoms with Crippen LogP contribution in [0.25, 0.3) is 0 Å². The number of aliphatic hydroxyl groups excluding tert-OH is 1. The lowest BCUT2D eigenvalue weighted by Crippen LogP contribution is -2.53. The Hall–Kier alpha value is -2.64. The van der Waals surface area contributed by atoms with E-state index in [1.165, 1.54) is 5.56 Å². The molecule has 1 saturated carbocycles. The largest absolute Gasteiger partial charge is 0.390 e. The fraction of sp³-hybridized carbons (Fsp3) is 0.500. The lowest BCUT2D eigenvalue weighted by molar-refractivity contribution is -0.132. The maximum Gasteiger partial charge on any atom is 0.284 e. The van der Waals surface area contributed by atoms with E-state index in [1.807, 2.05) is 0 Å². The van der Waals surface area contributed by atoms with Gasteiger partial charge in [0.25, 0.3) is 5.91 Å². The van der Waals surface area contributed by atoms with Crippen LogP contribution in [0.1, 0.15) is 69.6 Å². The predicted octanol–water partition coefficient (Wildman–Crippen LogP) is 4.30. The Kier molecular flexibility index (Phi) is 8.78. The summed E-state index contributed by atoms with van der Waals surface area (Å²) in [6.07, 6.45) is 4.09. The SMILES string of the molecule is CC(C)(C)c1cccc(C2(NCC(O)C(Cc3cc(F)cc(F)c3)NC(=O)C=O)CCCCC2)c1. The van der Waals surface area contributed by atoms with Gasteiger partial charge >= 0.3 is 0 Å². The summed E-state index contributed by atoms with van der Waals surface area (Å²) < 4.78 is 27.4. The number of benzene rings is 2. The van der Waals surface area contributed by atoms with Crippen molar-refractivity contribution in [3.05, 3.63) is 70.8 Å². The van der Waals surface area contributed by atoms with E-state index in [0.717, 1.165) is 55.9 Å². The summed E-state index contributed by atoms with van der Waals surface area (Å²) in [6, 6.07) is 10.7. The van der Waals surface area contributed by atoms with Crippen LogP contribution >= 0.6 is 0 Å². The summed E-state index contributed by atoms with van der Waals surface area (Å²) in [4.78, 5) is 22.8. The molecule has 5 nitrogen and oxygen atoms in total. The van der Waals surface area contributed by atoms with E-state index < -0.39 is 29.7 Å². The smallest absolute Gasteiger partial charge is 0.284 e. The molecule has 2 aromatic carbocycles. The first-order valence-electron chi connectivity index (χ1n) is 12.3. The van der Waals surface area contributed by atoms with Crippen LogP contribution < -0.4 is 10.6 Å². The monoisotopic (exact) mass is 486 g/mol. The van der Waals surface area contributed by atoms with Crippen LogP contribution in [0.4, 0.5) is 8.78 Å². The van der Waals surface area contributed by atoms with Gasteiger partial charge in [0.2, 0.25) is 6.29 Å². The quantitative estimate of drug-likeness (QED) is 0.365. The summed E-state index contributed by atoms with van der Waals surface area (Å²) in [5.41, 5.74) is 2.34. The number of rotatable bonds is 9. The van der Waals surface area contributed by atoms with E-state index in [0.29, 0.717) is 0 Å². The number of aldehydes is 1. The van der Waals surface area contributed by atoms with Crippen molar-refractivity contribution in [1.29, 1.82) is 0 Å². The molecule has 1 aliphatic rings. The van der Waals surface area contributed by atoms with Gasteiger partial charge in [0.15, 0.2) is 0 Å². The zero-order valence-corrected chi connectivity index (χ0v) is 20.7. The highest BCUT2D eigenvalue weighted by molar-refractivity contribution is 6.23. The van der Waals surface area contributed by atoms with Gasteiger partial charge in [0, 0.05) is 18.2 Å². The molecule has 0 radical (unpaired) electrons. The van der Waals surface area contributed by atoms with Crippen molar-refractivity contribution in [1.82, 2.24) is 10.6 Å². The van der Waals surface area contributed by atoms with Crippen LogP contribution in [0.3, 0.4) is 0 Å². The summed E-state index contributed by atoms with van der Waals surface area (Å²) in [7, 11) is 0. The van der Waals surface area contributed by atoms with Crippen molar-refractivity contribution in [2.75, 3.05) is 6.54 Å². The van der Waals surface area contributed by atoms with Crippen LogP contribution in [0.15, 0.2) is 42.5 Å². The van der Waals surface area contributed by atoms with Gasteiger partial charge in [-0.2, -0.15) is 0 Å². The number of amides is 1. The standard InChI is InChI=1S/C28H36F2N2O3/c1-27(2,3)20-8-7-9-21(15-20)28(10-5-4-6-11-28)31-17-25(34)24(32-26(35)18-33)14-19-12-22(29)16-23(30)13-19/h7-9,12-13,15-16,18,24-25,31,34H,4-6,10-11,14,17H2,1-3H3,(H,32,35). The molecule has 2 atom stereocenters. The second-order valence-corrected chi connectivity index (χ2v) is 10.6. The topological polar surface area (TPSA) is 78.4 Å². The second-order valence-electron chi connectivity index (χ2n) is 10.6. The van der Waals surface area contributed by atoms with E-state index in [4.69, 9.17) is 0 Å². The Bertz CT molecular complexity index is 1010. The predicted molar refractivity (Wildman–Crippen MR) is 132 cm³/mol. The van der Waals surface area contributed by atoms with E-state index >= 15 is 0 Å². The van der Waals surface area contributed by atoms with E-state index in [9.17, 15) is 23.5 Å². The summed E-state index contributed by atoms with van der Waals surface area (Å²) in [5, 5.41) is 17.1. The molecule has 3 N–H and O–H groups in total. The third-order valence-electron chi connectivity index (χ3n) is 6.91. The summed E-state index contributed by atoms with van der Waals surface area (Å²) >= 11 is 0. The molecule has 0 aliphatic heterocycles. The normalized spacial score (nSPS) is 17.4. The second kappa shape index (κ2) is 11.4. The highest BCUT2D eigenvalue weighted by Gasteiger charge is 2.35. The molecule has 0 heterocycles. The number of nitrogens with one attached hydrogen (secondary N) is 2. The number of carbonyl (C=O) groups is 2. The van der Waals surface area contributed by atoms with Gasteiger partial charge in [0.05, 0.1) is 12.1 Å². The van der Waals surface area contributed by atoms with Gasteiger partial charge < -0.3 is 15.7 Å². The van der Waals surface area contributed by atoms with Crippen LogP contribution in [0.5, 0.6) is 0 Å². The maximum atomic E-state index is 13.7. The average molecular weight is 487 g/mol. The number of hydrogen-bond acceptors (Lipinski definition) is 4. The van der Waals surface area contributed by atoms with Gasteiger partial charge in [-0.05, 0) is 53.5 Å². The zero-order chi connectivity index (χ0) is 25.6. The molecule has 0 spiro atoms. The van der Waals surface area contributed by atoms with Gasteiger partial charge in [0.1, 0.15) is 11.6 Å². The van der Waals surface area contributed by atoms with Crippen molar-refractivity contribution >= 4 is 12.2 Å². The molecule has 0 saturated heterocycles. The zero-order valence-electron chi connectivity index (χ0n) is 20.7. The lowest BCUT2D eigenvalue weighted by atomic mass is 9.74. The molecule has 35 heavy (non-hydrogen) atoms. The Balaban J connectivity index is 1.82. The fourth-order valence-corrected chi connectivity index (χ4v) is 4.93. The average Bonchev–Trinajstić information content (AvgIpc) is 2.81. The van der Waals surface area contributed by atoms with Crippen molar-refractivity contribution in [3.8, 4) is 0 Å². The molecule has 0 bridgehead atoms. The van der Waals surface area contributed by atoms with Crippen LogP contribution in [-0.2, 0) is 27.0 Å². The fourth-order valence-electron chi connectivity index (χ4n) is 4.93. The van der Waals surface area contributed by atoms with Crippen LogP contribution in [-0.4, -0.2) is 36.0 Å². The summed E-state index contributed by atoms with van der Waals surface area (Å²) in [5.74, 6) is -2.38. The molecule has 2 unspecified atom stereocenters. The molecule has 7 heteroatoms. The van der Waals surface area contributed by atoms with E-state index in [-0.39, 0.29) is 35.8 Å². The molecule has 0 aromatic heterocycles. The Labute approximate surface area is 206 Å². The number of aliphatic hydroxyl groups is 1. The van der Waals surface area contributed by atoms with Crippen molar-refractivity contribution < 1.29 is 23.5 Å². The maximum absolute atomic E-state index is 13.7. The van der Waals surface area contributed by atoms with Gasteiger partial charge in [-0.3, -0.25) is 9.59 Å². The number of carbonyl (C=O) groups excluding carboxylic acids is 2. The first kappa shape index (κ1) is 27.0. The van der Waals surface area contributed by atoms with Gasteiger partial charge in [-0.15, -0.1) is 0 Å². The Morgan fingerprint density at radius 1 is 1.09 bits per heavy atom. The highest BCUT2D eigenvalue weighted by Crippen LogP contribution is 2.38. The van der Waals surface area contributed by atoms with E-state index in [2.05, 4.69) is 55.7 Å². The molecule has 190 valence electrons. The molecule has 1 fully saturated rings. The van der Waals surface area contributed by atoms with Crippen molar-refractivity contribution in [2.45, 2.75) is 82.4 Å². The van der Waals surface area contributed by atoms with Crippen LogP contribution in [0, 0.1) is 11.6 Å². The number of hydrogen-bond donors (Lipinski definition) is 3. The Morgan fingerprint density at radius 3 is 2.34 bits per heavy atom. The summed E-state index contributed by atoms with van der Waals surface area (Å²) in [6.45, 7) is 6.66. The minimum atomic E-state index is -1.09. The molecule has 1 aliphatic carbocycles. The lowest BCUT2D eigenvalue weighted by Gasteiger charge is -2.41. The number of halogens is 2. The first-order valence-corrected chi connectivity index (χ1v) is 12.3. The molecule has 3 rings (SSSR count). The highest BCUT2D eigenvalue weighted by atomic mass is 19.1. The molecule has 1 amide bonds. The minimum Gasteiger partial charge on any atom is -0.390 e. The van der Waals surface area contributed by atoms with Crippen LogP contribution in [0.2, 0.25) is 0 Å². The molecular formula is C28H36F2N2O3. The molecular weight excluding hydrogens is 450 g/mol. The van der Waals surface area contributed by atoms with Gasteiger partial charge in [-0.25, -0.2) is 8.78 Å². The molecule has 2 aromatic rings. The van der Waals surface area contributed by atoms with Gasteiger partial charge in [-0.1, -0.05) is 64.3 Å².